The van der Waals surface area contributed by atoms with Crippen molar-refractivity contribution >= 4 is 41.8 Å². The number of H-pyrrole nitrogens is 1. The third-order valence-electron chi connectivity index (χ3n) is 3.44. The predicted octanol–water partition coefficient (Wildman–Crippen LogP) is 1.97. The molecule has 0 aliphatic heterocycles. The number of amides is 1. The number of hydrogen-bond donors (Lipinski definition) is 3. The topological polar surface area (TPSA) is 83.8 Å². The average Bonchev–Trinajstić information content (AvgIpc) is 3.15. The highest BCUT2D eigenvalue weighted by Crippen LogP contribution is 2.11. The third-order valence-corrected chi connectivity index (χ3v) is 4.34. The summed E-state index contributed by atoms with van der Waals surface area (Å²) >= 11 is 1.62. The number of benzene rings is 1. The fourth-order valence-corrected chi connectivity index (χ4v) is 3.06. The van der Waals surface area contributed by atoms with Crippen LogP contribution < -0.4 is 11.1 Å². The van der Waals surface area contributed by atoms with Crippen LogP contribution in [0.25, 0.3) is 11.0 Å². The smallest absolute Gasteiger partial charge is 0.237 e. The number of rotatable bonds is 6. The van der Waals surface area contributed by atoms with Crippen molar-refractivity contribution in [3.63, 3.8) is 0 Å². The quantitative estimate of drug-likeness (QED) is 0.637. The molecule has 122 valence electrons. The van der Waals surface area contributed by atoms with E-state index in [-0.39, 0.29) is 19.4 Å². The Morgan fingerprint density at radius 1 is 1.30 bits per heavy atom. The van der Waals surface area contributed by atoms with E-state index < -0.39 is 6.04 Å². The van der Waals surface area contributed by atoms with Crippen molar-refractivity contribution in [2.75, 3.05) is 6.54 Å². The second-order valence-electron chi connectivity index (χ2n) is 5.13. The lowest BCUT2D eigenvalue weighted by atomic mass is 10.2. The molecule has 2 heterocycles. The van der Waals surface area contributed by atoms with Gasteiger partial charge >= 0.3 is 0 Å². The Hall–Kier alpha value is -1.83. The van der Waals surface area contributed by atoms with Gasteiger partial charge < -0.3 is 16.0 Å². The first-order valence-corrected chi connectivity index (χ1v) is 8.09. The van der Waals surface area contributed by atoms with Crippen LogP contribution in [0.15, 0.2) is 41.8 Å². The van der Waals surface area contributed by atoms with Crippen molar-refractivity contribution in [1.82, 2.24) is 15.3 Å². The highest BCUT2D eigenvalue weighted by atomic mass is 32.1. The summed E-state index contributed by atoms with van der Waals surface area (Å²) < 4.78 is 0. The van der Waals surface area contributed by atoms with E-state index in [1.807, 2.05) is 41.8 Å². The van der Waals surface area contributed by atoms with Gasteiger partial charge in [-0.25, -0.2) is 4.98 Å². The Bertz CT molecular complexity index is 721. The zero-order chi connectivity index (χ0) is 15.4. The summed E-state index contributed by atoms with van der Waals surface area (Å²) in [5, 5.41) is 4.86. The summed E-state index contributed by atoms with van der Waals surface area (Å²) in [6, 6.07) is 11.3. The summed E-state index contributed by atoms with van der Waals surface area (Å²) in [6.07, 6.45) is 1.24. The average molecular weight is 348 g/mol. The molecule has 0 saturated carbocycles. The number of hydrogen-bond acceptors (Lipinski definition) is 4. The zero-order valence-electron chi connectivity index (χ0n) is 12.6. The monoisotopic (exact) mass is 348 g/mol. The van der Waals surface area contributed by atoms with Gasteiger partial charge in [-0.2, -0.15) is 13.5 Å². The van der Waals surface area contributed by atoms with Gasteiger partial charge in [0.1, 0.15) is 5.82 Å². The number of aromatic nitrogens is 2. The van der Waals surface area contributed by atoms with Crippen molar-refractivity contribution in [2.45, 2.75) is 18.9 Å². The Balaban J connectivity index is 0.00000192. The van der Waals surface area contributed by atoms with Crippen molar-refractivity contribution in [3.05, 3.63) is 52.5 Å². The maximum atomic E-state index is 12.0. The van der Waals surface area contributed by atoms with E-state index in [1.54, 1.807) is 11.3 Å². The summed E-state index contributed by atoms with van der Waals surface area (Å²) in [4.78, 5) is 20.8. The summed E-state index contributed by atoms with van der Waals surface area (Å²) in [7, 11) is 0. The molecule has 7 heteroatoms. The second kappa shape index (κ2) is 8.14. The molecule has 4 N–H and O–H groups in total. The van der Waals surface area contributed by atoms with E-state index >= 15 is 0 Å². The van der Waals surface area contributed by atoms with Gasteiger partial charge in [-0.05, 0) is 23.6 Å². The first-order chi connectivity index (χ1) is 10.7. The van der Waals surface area contributed by atoms with Crippen LogP contribution in [-0.2, 0) is 17.6 Å². The highest BCUT2D eigenvalue weighted by Gasteiger charge is 2.14. The summed E-state index contributed by atoms with van der Waals surface area (Å²) in [5.41, 5.74) is 7.88. The molecule has 2 aromatic heterocycles. The van der Waals surface area contributed by atoms with Gasteiger partial charge in [0.05, 0.1) is 17.1 Å². The Morgan fingerprint density at radius 2 is 2.13 bits per heavy atom. The van der Waals surface area contributed by atoms with Gasteiger partial charge in [-0.15, -0.1) is 11.3 Å². The molecule has 5 nitrogen and oxygen atoms in total. The SMILES string of the molecule is N[C@@H](Cc1cccs1)C(=O)NCCc1nc2ccccc2[nH]1.S. The predicted molar refractivity (Wildman–Crippen MR) is 99.2 cm³/mol. The van der Waals surface area contributed by atoms with Crippen LogP contribution in [0.4, 0.5) is 0 Å². The lowest BCUT2D eigenvalue weighted by molar-refractivity contribution is -0.122. The molecule has 0 bridgehead atoms. The van der Waals surface area contributed by atoms with E-state index in [4.69, 9.17) is 5.73 Å². The van der Waals surface area contributed by atoms with Crippen molar-refractivity contribution in [2.24, 2.45) is 5.73 Å². The first kappa shape index (κ1) is 17.5. The van der Waals surface area contributed by atoms with Gasteiger partial charge in [0.2, 0.25) is 5.91 Å². The number of nitrogens with two attached hydrogens (primary N) is 1. The molecule has 0 radical (unpaired) electrons. The van der Waals surface area contributed by atoms with Crippen LogP contribution in [0.5, 0.6) is 0 Å². The van der Waals surface area contributed by atoms with Crippen molar-refractivity contribution < 1.29 is 4.79 Å². The molecule has 3 rings (SSSR count). The molecule has 3 aromatic rings. The lowest BCUT2D eigenvalue weighted by Gasteiger charge is -2.10. The third kappa shape index (κ3) is 4.57. The molecule has 0 saturated heterocycles. The van der Waals surface area contributed by atoms with Crippen molar-refractivity contribution in [3.8, 4) is 0 Å². The Kier molecular flexibility index (Phi) is 6.20. The zero-order valence-corrected chi connectivity index (χ0v) is 14.4. The van der Waals surface area contributed by atoms with E-state index in [2.05, 4.69) is 15.3 Å². The van der Waals surface area contributed by atoms with Crippen LogP contribution in [0.2, 0.25) is 0 Å². The number of fused-ring (bicyclic) bond motifs is 1. The van der Waals surface area contributed by atoms with Gasteiger partial charge in [-0.1, -0.05) is 18.2 Å². The Labute approximate surface area is 145 Å². The van der Waals surface area contributed by atoms with E-state index in [1.165, 1.54) is 0 Å². The molecule has 0 unspecified atom stereocenters. The second-order valence-corrected chi connectivity index (χ2v) is 6.16. The standard InChI is InChI=1S/C16H18N4OS.H2S/c17-12(10-11-4-3-9-22-11)16(21)18-8-7-15-19-13-5-1-2-6-14(13)20-15;/h1-6,9,12H,7-8,10,17H2,(H,18,21)(H,19,20);1H2/t12-;/m0./s1. The molecule has 0 spiro atoms. The van der Waals surface area contributed by atoms with Gasteiger partial charge in [0.25, 0.3) is 0 Å². The van der Waals surface area contributed by atoms with Crippen LogP contribution in [0, 0.1) is 0 Å². The minimum atomic E-state index is -0.505. The maximum absolute atomic E-state index is 12.0. The van der Waals surface area contributed by atoms with E-state index in [9.17, 15) is 4.79 Å². The fourth-order valence-electron chi connectivity index (χ4n) is 2.30. The number of aromatic amines is 1. The number of thiophene rings is 1. The minimum absolute atomic E-state index is 0. The Morgan fingerprint density at radius 3 is 2.87 bits per heavy atom. The molecule has 0 aliphatic rings. The van der Waals surface area contributed by atoms with Gasteiger partial charge in [0, 0.05) is 24.3 Å². The molecule has 1 aromatic carbocycles. The molecule has 1 amide bonds. The van der Waals surface area contributed by atoms with E-state index in [0.29, 0.717) is 19.4 Å². The molecular weight excluding hydrogens is 328 g/mol. The number of imidazole rings is 1. The van der Waals surface area contributed by atoms with Gasteiger partial charge in [-0.3, -0.25) is 4.79 Å². The van der Waals surface area contributed by atoms with Gasteiger partial charge in [0.15, 0.2) is 0 Å². The number of nitrogens with one attached hydrogen (secondary N) is 2. The molecule has 0 aliphatic carbocycles. The molecular formula is C16H20N4OS2. The highest BCUT2D eigenvalue weighted by molar-refractivity contribution is 7.59. The lowest BCUT2D eigenvalue weighted by Crippen LogP contribution is -2.42. The summed E-state index contributed by atoms with van der Waals surface area (Å²) in [5.74, 6) is 0.748. The summed E-state index contributed by atoms with van der Waals surface area (Å²) in [6.45, 7) is 0.525. The maximum Gasteiger partial charge on any atom is 0.237 e. The normalized spacial score (nSPS) is 11.9. The van der Waals surface area contributed by atoms with E-state index in [0.717, 1.165) is 21.7 Å². The largest absolute Gasteiger partial charge is 0.354 e. The number of carbonyl (C=O) groups is 1. The van der Waals surface area contributed by atoms with Crippen molar-refractivity contribution in [1.29, 1.82) is 0 Å². The first-order valence-electron chi connectivity index (χ1n) is 7.21. The minimum Gasteiger partial charge on any atom is -0.354 e. The number of para-hydroxylation sites is 2. The molecule has 0 fully saturated rings. The van der Waals surface area contributed by atoms with Crippen LogP contribution in [0.3, 0.4) is 0 Å². The van der Waals surface area contributed by atoms with Crippen LogP contribution in [0.1, 0.15) is 10.7 Å². The molecule has 1 atom stereocenters. The number of carbonyl (C=O) groups excluding carboxylic acids is 1. The number of nitrogens with zero attached hydrogens (tertiary/aromatic N) is 1. The molecule has 23 heavy (non-hydrogen) atoms. The fraction of sp³-hybridized carbons (Fsp3) is 0.250. The van der Waals surface area contributed by atoms with Crippen LogP contribution in [-0.4, -0.2) is 28.5 Å². The van der Waals surface area contributed by atoms with Crippen LogP contribution >= 0.6 is 24.8 Å².